The molecule has 178 valence electrons. The van der Waals surface area contributed by atoms with Gasteiger partial charge in [0.1, 0.15) is 12.1 Å². The lowest BCUT2D eigenvalue weighted by Gasteiger charge is -2.62. The second-order valence-corrected chi connectivity index (χ2v) is 13.9. The van der Waals surface area contributed by atoms with Gasteiger partial charge >= 0.3 is 0 Å². The Labute approximate surface area is 196 Å². The molecule has 5 aliphatic rings. The van der Waals surface area contributed by atoms with Crippen molar-refractivity contribution >= 4 is 12.1 Å². The molecule has 0 radical (unpaired) electrons. The molecular formula is C30H46O2. The van der Waals surface area contributed by atoms with E-state index in [0.717, 1.165) is 42.5 Å². The summed E-state index contributed by atoms with van der Waals surface area (Å²) in [5.41, 5.74) is 2.71. The molecule has 5 fully saturated rings. The highest BCUT2D eigenvalue weighted by molar-refractivity contribution is 5.86. The van der Waals surface area contributed by atoms with Gasteiger partial charge in [-0.2, -0.15) is 0 Å². The third-order valence-electron chi connectivity index (χ3n) is 12.9. The Hall–Kier alpha value is -0.920. The van der Waals surface area contributed by atoms with Crippen LogP contribution in [0.25, 0.3) is 0 Å². The van der Waals surface area contributed by atoms with Crippen molar-refractivity contribution in [3.8, 4) is 0 Å². The standard InChI is InChI=1S/C30H46O2/c1-20(18-31)8-7-9-21(2)22-12-14-28(6)24-11-10-23-26(3,4)25(32)13-15-29(23)19-30(24,29)17-16-27(22,28)5/h8,18,21-24H,7,9-17,19H2,1-6H3/b20-8+/t21-,22-,23+,24-,27-,28+,29-,30+/m1/s1. The number of fused-ring (bicyclic) bond motifs is 2. The summed E-state index contributed by atoms with van der Waals surface area (Å²) in [5.74, 6) is 3.57. The monoisotopic (exact) mass is 438 g/mol. The first-order valence-electron chi connectivity index (χ1n) is 13.6. The summed E-state index contributed by atoms with van der Waals surface area (Å²) in [6, 6.07) is 0. The van der Waals surface area contributed by atoms with Gasteiger partial charge in [-0.1, -0.05) is 40.7 Å². The fourth-order valence-electron chi connectivity index (χ4n) is 10.9. The number of allylic oxidation sites excluding steroid dienone is 2. The Kier molecular flexibility index (Phi) is 5.03. The number of ketones is 1. The Morgan fingerprint density at radius 3 is 2.38 bits per heavy atom. The van der Waals surface area contributed by atoms with E-state index in [-0.39, 0.29) is 5.41 Å². The molecule has 0 bridgehead atoms. The van der Waals surface area contributed by atoms with Gasteiger partial charge in [-0.05, 0) is 122 Å². The second-order valence-electron chi connectivity index (χ2n) is 13.9. The largest absolute Gasteiger partial charge is 0.299 e. The molecule has 0 N–H and O–H groups in total. The van der Waals surface area contributed by atoms with E-state index in [4.69, 9.17) is 0 Å². The highest BCUT2D eigenvalue weighted by Crippen LogP contribution is 2.88. The highest BCUT2D eigenvalue weighted by atomic mass is 16.1. The Bertz CT molecular complexity index is 853. The van der Waals surface area contributed by atoms with Crippen molar-refractivity contribution in [2.24, 2.45) is 50.7 Å². The molecule has 2 spiro atoms. The van der Waals surface area contributed by atoms with Crippen LogP contribution >= 0.6 is 0 Å². The topological polar surface area (TPSA) is 34.1 Å². The SMILES string of the molecule is C/C(C=O)=C\CC[C@@H](C)[C@H]1CC[C@@]2(C)[C@H]3CC[C@H]4C(C)(C)C(=O)CC[C@@]45C[C@@]35CC[C@]12C. The number of carbonyl (C=O) groups excluding carboxylic acids is 2. The molecule has 0 aromatic carbocycles. The van der Waals surface area contributed by atoms with E-state index in [2.05, 4.69) is 40.7 Å². The first kappa shape index (κ1) is 22.9. The van der Waals surface area contributed by atoms with Gasteiger partial charge in [0.25, 0.3) is 0 Å². The molecule has 5 rings (SSSR count). The zero-order valence-corrected chi connectivity index (χ0v) is 21.6. The number of rotatable bonds is 5. The van der Waals surface area contributed by atoms with E-state index in [9.17, 15) is 9.59 Å². The Morgan fingerprint density at radius 2 is 1.66 bits per heavy atom. The average Bonchev–Trinajstić information content (AvgIpc) is 3.33. The number of carbonyl (C=O) groups is 2. The first-order chi connectivity index (χ1) is 15.0. The van der Waals surface area contributed by atoms with Gasteiger partial charge in [0.15, 0.2) is 0 Å². The van der Waals surface area contributed by atoms with Crippen molar-refractivity contribution in [2.45, 2.75) is 112 Å². The molecule has 0 heterocycles. The van der Waals surface area contributed by atoms with Crippen LogP contribution in [0.15, 0.2) is 11.6 Å². The summed E-state index contributed by atoms with van der Waals surface area (Å²) >= 11 is 0. The van der Waals surface area contributed by atoms with E-state index in [1.54, 1.807) is 0 Å². The molecular weight excluding hydrogens is 392 g/mol. The second kappa shape index (κ2) is 7.05. The lowest BCUT2D eigenvalue weighted by Crippen LogP contribution is -2.57. The van der Waals surface area contributed by atoms with E-state index in [1.165, 1.54) is 57.8 Å². The molecule has 2 nitrogen and oxygen atoms in total. The minimum Gasteiger partial charge on any atom is -0.299 e. The summed E-state index contributed by atoms with van der Waals surface area (Å²) in [6.07, 6.45) is 17.0. The molecule has 5 saturated carbocycles. The van der Waals surface area contributed by atoms with Gasteiger partial charge in [0.2, 0.25) is 0 Å². The van der Waals surface area contributed by atoms with E-state index in [0.29, 0.717) is 33.4 Å². The van der Waals surface area contributed by atoms with E-state index < -0.39 is 0 Å². The van der Waals surface area contributed by atoms with Crippen LogP contribution in [0.4, 0.5) is 0 Å². The van der Waals surface area contributed by atoms with Gasteiger partial charge in [-0.15, -0.1) is 0 Å². The van der Waals surface area contributed by atoms with Gasteiger partial charge in [-0.3, -0.25) is 9.59 Å². The maximum Gasteiger partial charge on any atom is 0.145 e. The minimum absolute atomic E-state index is 0.103. The maximum atomic E-state index is 12.8. The number of hydrogen-bond donors (Lipinski definition) is 0. The molecule has 8 atom stereocenters. The van der Waals surface area contributed by atoms with Crippen molar-refractivity contribution in [1.29, 1.82) is 0 Å². The van der Waals surface area contributed by atoms with Gasteiger partial charge in [0.05, 0.1) is 0 Å². The minimum atomic E-state index is -0.103. The quantitative estimate of drug-likeness (QED) is 0.328. The number of Topliss-reactive ketones (excluding diaryl/α,β-unsaturated/α-hetero) is 1. The molecule has 0 aromatic heterocycles. The molecule has 0 saturated heterocycles. The molecule has 32 heavy (non-hydrogen) atoms. The predicted molar refractivity (Wildman–Crippen MR) is 130 cm³/mol. The van der Waals surface area contributed by atoms with Gasteiger partial charge < -0.3 is 0 Å². The molecule has 2 heteroatoms. The van der Waals surface area contributed by atoms with Crippen LogP contribution in [-0.4, -0.2) is 12.1 Å². The van der Waals surface area contributed by atoms with Crippen molar-refractivity contribution in [3.63, 3.8) is 0 Å². The lowest BCUT2D eigenvalue weighted by molar-refractivity contribution is -0.157. The lowest BCUT2D eigenvalue weighted by atomic mass is 9.42. The Morgan fingerprint density at radius 1 is 0.969 bits per heavy atom. The zero-order valence-electron chi connectivity index (χ0n) is 21.6. The van der Waals surface area contributed by atoms with Gasteiger partial charge in [-0.25, -0.2) is 0 Å². The van der Waals surface area contributed by atoms with E-state index >= 15 is 0 Å². The van der Waals surface area contributed by atoms with Crippen LogP contribution in [0.3, 0.4) is 0 Å². The molecule has 0 unspecified atom stereocenters. The summed E-state index contributed by atoms with van der Waals surface area (Å²) in [7, 11) is 0. The summed E-state index contributed by atoms with van der Waals surface area (Å²) < 4.78 is 0. The van der Waals surface area contributed by atoms with Crippen LogP contribution in [-0.2, 0) is 9.59 Å². The predicted octanol–water partition coefficient (Wildman–Crippen LogP) is 7.56. The van der Waals surface area contributed by atoms with Crippen molar-refractivity contribution in [3.05, 3.63) is 11.6 Å². The summed E-state index contributed by atoms with van der Waals surface area (Å²) in [6.45, 7) is 14.3. The molecule has 0 aliphatic heterocycles. The normalized spacial score (nSPS) is 50.0. The third-order valence-corrected chi connectivity index (χ3v) is 12.9. The van der Waals surface area contributed by atoms with Crippen molar-refractivity contribution in [1.82, 2.24) is 0 Å². The molecule has 5 aliphatic carbocycles. The van der Waals surface area contributed by atoms with Crippen molar-refractivity contribution in [2.75, 3.05) is 0 Å². The smallest absolute Gasteiger partial charge is 0.145 e. The third kappa shape index (κ3) is 2.65. The van der Waals surface area contributed by atoms with Crippen LogP contribution in [0, 0.1) is 50.7 Å². The fourth-order valence-corrected chi connectivity index (χ4v) is 10.9. The maximum absolute atomic E-state index is 12.8. The fraction of sp³-hybridized carbons (Fsp3) is 0.867. The molecule has 0 amide bonds. The zero-order chi connectivity index (χ0) is 23.2. The van der Waals surface area contributed by atoms with Crippen molar-refractivity contribution < 1.29 is 9.59 Å². The van der Waals surface area contributed by atoms with Crippen LogP contribution in [0.2, 0.25) is 0 Å². The molecule has 0 aromatic rings. The first-order valence-corrected chi connectivity index (χ1v) is 13.6. The van der Waals surface area contributed by atoms with Crippen LogP contribution < -0.4 is 0 Å². The van der Waals surface area contributed by atoms with Crippen LogP contribution in [0.1, 0.15) is 112 Å². The van der Waals surface area contributed by atoms with E-state index in [1.807, 2.05) is 6.92 Å². The number of aldehydes is 1. The summed E-state index contributed by atoms with van der Waals surface area (Å²) in [4.78, 5) is 23.8. The number of hydrogen-bond acceptors (Lipinski definition) is 2. The highest BCUT2D eigenvalue weighted by Gasteiger charge is 2.82. The summed E-state index contributed by atoms with van der Waals surface area (Å²) in [5, 5.41) is 0. The van der Waals surface area contributed by atoms with Gasteiger partial charge in [0, 0.05) is 11.8 Å². The van der Waals surface area contributed by atoms with Crippen LogP contribution in [0.5, 0.6) is 0 Å². The average molecular weight is 439 g/mol. The Balaban J connectivity index is 1.39.